The van der Waals surface area contributed by atoms with Crippen molar-refractivity contribution in [2.75, 3.05) is 13.7 Å². The standard InChI is InChI=1S/C13H18O5/c1-16-12-11(10(7-14)18-13(12)15)17-8-9-5-3-2-4-6-9/h2-6,10-15H,7-8H2,1H3/t10-,11+,12-,13+/m1/s1. The lowest BCUT2D eigenvalue weighted by molar-refractivity contribution is -0.140. The second-order valence-corrected chi connectivity index (χ2v) is 4.21. The van der Waals surface area contributed by atoms with Crippen LogP contribution in [-0.2, 0) is 20.8 Å². The van der Waals surface area contributed by atoms with Gasteiger partial charge in [0.1, 0.15) is 18.3 Å². The number of aliphatic hydroxyl groups excluding tert-OH is 2. The lowest BCUT2D eigenvalue weighted by Crippen LogP contribution is -2.38. The van der Waals surface area contributed by atoms with Crippen molar-refractivity contribution in [3.8, 4) is 0 Å². The van der Waals surface area contributed by atoms with Gasteiger partial charge in [0.2, 0.25) is 0 Å². The average molecular weight is 254 g/mol. The average Bonchev–Trinajstić information content (AvgIpc) is 2.73. The van der Waals surface area contributed by atoms with E-state index in [1.807, 2.05) is 30.3 Å². The maximum Gasteiger partial charge on any atom is 0.184 e. The molecule has 1 aliphatic heterocycles. The Morgan fingerprint density at radius 1 is 1.22 bits per heavy atom. The van der Waals surface area contributed by atoms with Crippen LogP contribution in [0.2, 0.25) is 0 Å². The van der Waals surface area contributed by atoms with E-state index in [1.54, 1.807) is 0 Å². The van der Waals surface area contributed by atoms with Crippen molar-refractivity contribution in [3.05, 3.63) is 35.9 Å². The van der Waals surface area contributed by atoms with E-state index in [1.165, 1.54) is 7.11 Å². The maximum atomic E-state index is 9.62. The van der Waals surface area contributed by atoms with Gasteiger partial charge in [-0.05, 0) is 5.56 Å². The lowest BCUT2D eigenvalue weighted by Gasteiger charge is -2.21. The van der Waals surface area contributed by atoms with Crippen molar-refractivity contribution in [2.24, 2.45) is 0 Å². The van der Waals surface area contributed by atoms with Crippen LogP contribution < -0.4 is 0 Å². The molecule has 4 atom stereocenters. The highest BCUT2D eigenvalue weighted by molar-refractivity contribution is 5.13. The summed E-state index contributed by atoms with van der Waals surface area (Å²) < 4.78 is 16.0. The molecule has 0 amide bonds. The van der Waals surface area contributed by atoms with Crippen molar-refractivity contribution < 1.29 is 24.4 Å². The van der Waals surface area contributed by atoms with Crippen LogP contribution in [-0.4, -0.2) is 48.5 Å². The molecule has 0 aliphatic carbocycles. The van der Waals surface area contributed by atoms with Gasteiger partial charge in [0.25, 0.3) is 0 Å². The summed E-state index contributed by atoms with van der Waals surface area (Å²) in [6, 6.07) is 9.68. The fourth-order valence-electron chi connectivity index (χ4n) is 2.07. The zero-order valence-corrected chi connectivity index (χ0v) is 10.2. The lowest BCUT2D eigenvalue weighted by atomic mass is 10.1. The van der Waals surface area contributed by atoms with Crippen LogP contribution >= 0.6 is 0 Å². The van der Waals surface area contributed by atoms with Gasteiger partial charge in [-0.2, -0.15) is 0 Å². The molecule has 1 saturated heterocycles. The second-order valence-electron chi connectivity index (χ2n) is 4.21. The molecule has 1 aromatic carbocycles. The molecule has 0 aromatic heterocycles. The summed E-state index contributed by atoms with van der Waals surface area (Å²) in [5.74, 6) is 0. The minimum absolute atomic E-state index is 0.212. The van der Waals surface area contributed by atoms with E-state index in [0.717, 1.165) is 5.56 Å². The number of rotatable bonds is 5. The fraction of sp³-hybridized carbons (Fsp3) is 0.538. The van der Waals surface area contributed by atoms with Crippen LogP contribution in [0.1, 0.15) is 5.56 Å². The molecule has 18 heavy (non-hydrogen) atoms. The van der Waals surface area contributed by atoms with Crippen molar-refractivity contribution in [1.29, 1.82) is 0 Å². The van der Waals surface area contributed by atoms with Gasteiger partial charge in [-0.1, -0.05) is 30.3 Å². The normalized spacial score (nSPS) is 31.7. The molecule has 0 saturated carbocycles. The Kier molecular flexibility index (Phi) is 4.68. The van der Waals surface area contributed by atoms with E-state index in [2.05, 4.69) is 0 Å². The van der Waals surface area contributed by atoms with E-state index in [9.17, 15) is 10.2 Å². The number of hydrogen-bond acceptors (Lipinski definition) is 5. The highest BCUT2D eigenvalue weighted by Gasteiger charge is 2.44. The zero-order chi connectivity index (χ0) is 13.0. The quantitative estimate of drug-likeness (QED) is 0.791. The summed E-state index contributed by atoms with van der Waals surface area (Å²) in [5, 5.41) is 18.8. The molecule has 2 rings (SSSR count). The Morgan fingerprint density at radius 2 is 1.94 bits per heavy atom. The molecule has 0 unspecified atom stereocenters. The number of methoxy groups -OCH3 is 1. The first-order valence-corrected chi connectivity index (χ1v) is 5.89. The Hall–Kier alpha value is -0.980. The second kappa shape index (κ2) is 6.26. The molecule has 0 bridgehead atoms. The monoisotopic (exact) mass is 254 g/mol. The highest BCUT2D eigenvalue weighted by atomic mass is 16.7. The molecule has 0 spiro atoms. The van der Waals surface area contributed by atoms with Crippen LogP contribution in [0.5, 0.6) is 0 Å². The highest BCUT2D eigenvalue weighted by Crippen LogP contribution is 2.25. The first kappa shape index (κ1) is 13.5. The van der Waals surface area contributed by atoms with Crippen LogP contribution in [0, 0.1) is 0 Å². The van der Waals surface area contributed by atoms with Gasteiger partial charge in [-0.25, -0.2) is 0 Å². The molecule has 5 nitrogen and oxygen atoms in total. The number of ether oxygens (including phenoxy) is 3. The molecular weight excluding hydrogens is 236 g/mol. The van der Waals surface area contributed by atoms with Gasteiger partial charge >= 0.3 is 0 Å². The third-order valence-corrected chi connectivity index (χ3v) is 3.02. The predicted octanol–water partition coefficient (Wildman–Crippen LogP) is 0.296. The molecule has 100 valence electrons. The summed E-state index contributed by atoms with van der Waals surface area (Å²) in [6.45, 7) is 0.175. The Bertz CT molecular complexity index is 356. The van der Waals surface area contributed by atoms with Crippen molar-refractivity contribution in [1.82, 2.24) is 0 Å². The van der Waals surface area contributed by atoms with Crippen molar-refractivity contribution in [3.63, 3.8) is 0 Å². The van der Waals surface area contributed by atoms with E-state index >= 15 is 0 Å². The minimum Gasteiger partial charge on any atom is -0.394 e. The minimum atomic E-state index is -1.06. The molecule has 1 fully saturated rings. The summed E-state index contributed by atoms with van der Waals surface area (Å²) in [5.41, 5.74) is 1.02. The van der Waals surface area contributed by atoms with Gasteiger partial charge in [-0.15, -0.1) is 0 Å². The van der Waals surface area contributed by atoms with Crippen LogP contribution in [0.3, 0.4) is 0 Å². The van der Waals surface area contributed by atoms with E-state index in [4.69, 9.17) is 14.2 Å². The number of benzene rings is 1. The molecular formula is C13H18O5. The zero-order valence-electron chi connectivity index (χ0n) is 10.2. The smallest absolute Gasteiger partial charge is 0.184 e. The van der Waals surface area contributed by atoms with E-state index in [-0.39, 0.29) is 6.61 Å². The van der Waals surface area contributed by atoms with Crippen LogP contribution in [0.25, 0.3) is 0 Å². The summed E-state index contributed by atoms with van der Waals surface area (Å²) >= 11 is 0. The number of aliphatic hydroxyl groups is 2. The SMILES string of the molecule is CO[C@@H]1[C@@H](OCc2ccccc2)[C@@H](CO)O[C@@H]1O. The first-order valence-electron chi connectivity index (χ1n) is 5.89. The molecule has 1 aliphatic rings. The molecule has 1 aromatic rings. The van der Waals surface area contributed by atoms with Crippen LogP contribution in [0.15, 0.2) is 30.3 Å². The molecule has 0 radical (unpaired) electrons. The van der Waals surface area contributed by atoms with E-state index in [0.29, 0.717) is 6.61 Å². The fourth-order valence-corrected chi connectivity index (χ4v) is 2.07. The Labute approximate surface area is 106 Å². The van der Waals surface area contributed by atoms with Crippen LogP contribution in [0.4, 0.5) is 0 Å². The summed E-state index contributed by atoms with van der Waals surface area (Å²) in [7, 11) is 1.48. The predicted molar refractivity (Wildman–Crippen MR) is 63.8 cm³/mol. The molecule has 1 heterocycles. The van der Waals surface area contributed by atoms with Gasteiger partial charge in [-0.3, -0.25) is 0 Å². The summed E-state index contributed by atoms with van der Waals surface area (Å²) in [6.07, 6.45) is -2.68. The van der Waals surface area contributed by atoms with Gasteiger partial charge in [0.15, 0.2) is 6.29 Å². The summed E-state index contributed by atoms with van der Waals surface area (Å²) in [4.78, 5) is 0. The van der Waals surface area contributed by atoms with Gasteiger partial charge in [0.05, 0.1) is 13.2 Å². The van der Waals surface area contributed by atoms with Crippen molar-refractivity contribution >= 4 is 0 Å². The number of hydrogen-bond donors (Lipinski definition) is 2. The molecule has 5 heteroatoms. The van der Waals surface area contributed by atoms with Crippen molar-refractivity contribution in [2.45, 2.75) is 31.2 Å². The maximum absolute atomic E-state index is 9.62. The van der Waals surface area contributed by atoms with Gasteiger partial charge < -0.3 is 24.4 Å². The Balaban J connectivity index is 1.97. The molecule has 2 N–H and O–H groups in total. The largest absolute Gasteiger partial charge is 0.394 e. The van der Waals surface area contributed by atoms with E-state index < -0.39 is 24.6 Å². The third kappa shape index (κ3) is 2.88. The Morgan fingerprint density at radius 3 is 2.56 bits per heavy atom. The topological polar surface area (TPSA) is 68.2 Å². The van der Waals surface area contributed by atoms with Gasteiger partial charge in [0, 0.05) is 7.11 Å². The first-order chi connectivity index (χ1) is 8.76. The third-order valence-electron chi connectivity index (χ3n) is 3.02.